The van der Waals surface area contributed by atoms with Gasteiger partial charge in [0.05, 0.1) is 11.4 Å². The molecule has 0 spiro atoms. The lowest BCUT2D eigenvalue weighted by molar-refractivity contribution is 0.254. The predicted octanol–water partition coefficient (Wildman–Crippen LogP) is 2.92. The van der Waals surface area contributed by atoms with Gasteiger partial charge in [-0.15, -0.1) is 11.8 Å². The van der Waals surface area contributed by atoms with Gasteiger partial charge in [0.2, 0.25) is 0 Å². The van der Waals surface area contributed by atoms with Crippen LogP contribution >= 0.6 is 11.8 Å². The Kier molecular flexibility index (Phi) is 2.60. The molecule has 15 heavy (non-hydrogen) atoms. The number of aliphatic hydroxyl groups is 1. The van der Waals surface area contributed by atoms with Crippen LogP contribution in [-0.2, 0) is 10.2 Å². The van der Waals surface area contributed by atoms with Gasteiger partial charge in [-0.2, -0.15) is 0 Å². The van der Waals surface area contributed by atoms with Crippen molar-refractivity contribution in [2.75, 3.05) is 12.4 Å². The Morgan fingerprint density at radius 1 is 1.20 bits per heavy atom. The van der Waals surface area contributed by atoms with Gasteiger partial charge in [-0.1, -0.05) is 38.1 Å². The van der Waals surface area contributed by atoms with Gasteiger partial charge in [0.1, 0.15) is 0 Å². The van der Waals surface area contributed by atoms with Crippen molar-refractivity contribution in [3.8, 4) is 0 Å². The fraction of sp³-hybridized carbons (Fsp3) is 0.538. The quantitative estimate of drug-likeness (QED) is 0.788. The maximum absolute atomic E-state index is 9.55. The first kappa shape index (κ1) is 11.0. The van der Waals surface area contributed by atoms with Crippen molar-refractivity contribution in [1.82, 2.24) is 0 Å². The SMILES string of the molecule is CC1(C)CSC(C)(CO)c2ccccc21. The van der Waals surface area contributed by atoms with E-state index in [-0.39, 0.29) is 16.8 Å². The molecule has 1 aromatic rings. The second kappa shape index (κ2) is 3.53. The van der Waals surface area contributed by atoms with Crippen LogP contribution in [0.5, 0.6) is 0 Å². The van der Waals surface area contributed by atoms with E-state index in [1.807, 2.05) is 11.8 Å². The minimum Gasteiger partial charge on any atom is -0.395 e. The summed E-state index contributed by atoms with van der Waals surface area (Å²) in [5.74, 6) is 1.07. The van der Waals surface area contributed by atoms with E-state index < -0.39 is 0 Å². The van der Waals surface area contributed by atoms with Crippen molar-refractivity contribution in [3.63, 3.8) is 0 Å². The summed E-state index contributed by atoms with van der Waals surface area (Å²) in [6, 6.07) is 8.51. The number of fused-ring (bicyclic) bond motifs is 1. The third-order valence-corrected chi connectivity index (χ3v) is 5.13. The van der Waals surface area contributed by atoms with Gasteiger partial charge < -0.3 is 5.11 Å². The maximum atomic E-state index is 9.55. The summed E-state index contributed by atoms with van der Waals surface area (Å²) in [6.07, 6.45) is 0. The lowest BCUT2D eigenvalue weighted by Crippen LogP contribution is -2.37. The van der Waals surface area contributed by atoms with Gasteiger partial charge in [-0.25, -0.2) is 0 Å². The number of thioether (sulfide) groups is 1. The Balaban J connectivity index is 2.59. The zero-order chi connectivity index (χ0) is 11.1. The average molecular weight is 222 g/mol. The molecule has 0 saturated heterocycles. The molecule has 82 valence electrons. The minimum absolute atomic E-state index is 0.119. The van der Waals surface area contributed by atoms with Gasteiger partial charge in [-0.3, -0.25) is 0 Å². The first-order chi connectivity index (χ1) is 6.99. The lowest BCUT2D eigenvalue weighted by Gasteiger charge is -2.42. The first-order valence-electron chi connectivity index (χ1n) is 5.34. The molecule has 1 heterocycles. The summed E-state index contributed by atoms with van der Waals surface area (Å²) in [6.45, 7) is 6.89. The number of hydrogen-bond acceptors (Lipinski definition) is 2. The van der Waals surface area contributed by atoms with Crippen molar-refractivity contribution in [3.05, 3.63) is 35.4 Å². The van der Waals surface area contributed by atoms with Gasteiger partial charge in [0.25, 0.3) is 0 Å². The molecule has 2 heteroatoms. The fourth-order valence-corrected chi connectivity index (χ4v) is 3.42. The summed E-state index contributed by atoms with van der Waals surface area (Å²) in [5.41, 5.74) is 2.91. The van der Waals surface area contributed by atoms with E-state index >= 15 is 0 Å². The largest absolute Gasteiger partial charge is 0.395 e. The standard InChI is InChI=1S/C13H18OS/c1-12(2)9-15-13(3,8-14)11-7-5-4-6-10(11)12/h4-7,14H,8-9H2,1-3H3. The van der Waals surface area contributed by atoms with Crippen molar-refractivity contribution in [2.24, 2.45) is 0 Å². The molecule has 1 N–H and O–H groups in total. The normalized spacial score (nSPS) is 28.5. The molecular formula is C13H18OS. The number of benzene rings is 1. The second-order valence-electron chi connectivity index (χ2n) is 5.11. The molecule has 0 amide bonds. The summed E-state index contributed by atoms with van der Waals surface area (Å²) in [5, 5.41) is 9.55. The summed E-state index contributed by atoms with van der Waals surface area (Å²) in [4.78, 5) is 0. The Hall–Kier alpha value is -0.470. The van der Waals surface area contributed by atoms with Crippen molar-refractivity contribution in [2.45, 2.75) is 30.9 Å². The molecule has 0 bridgehead atoms. The van der Waals surface area contributed by atoms with E-state index in [4.69, 9.17) is 0 Å². The van der Waals surface area contributed by atoms with Crippen LogP contribution in [0.15, 0.2) is 24.3 Å². The molecule has 2 rings (SSSR count). The lowest BCUT2D eigenvalue weighted by atomic mass is 9.79. The molecule has 1 unspecified atom stereocenters. The third kappa shape index (κ3) is 1.70. The summed E-state index contributed by atoms with van der Waals surface area (Å²) < 4.78 is -0.119. The van der Waals surface area contributed by atoms with Crippen molar-refractivity contribution >= 4 is 11.8 Å². The van der Waals surface area contributed by atoms with E-state index in [1.54, 1.807) is 0 Å². The second-order valence-corrected chi connectivity index (χ2v) is 6.59. The number of aliphatic hydroxyl groups excluding tert-OH is 1. The summed E-state index contributed by atoms with van der Waals surface area (Å²) >= 11 is 1.87. The molecule has 1 aliphatic rings. The molecular weight excluding hydrogens is 204 g/mol. The molecule has 0 radical (unpaired) electrons. The monoisotopic (exact) mass is 222 g/mol. The topological polar surface area (TPSA) is 20.2 Å². The highest BCUT2D eigenvalue weighted by Crippen LogP contribution is 2.48. The molecule has 0 saturated carbocycles. The number of rotatable bonds is 1. The number of hydrogen-bond donors (Lipinski definition) is 1. The van der Waals surface area contributed by atoms with Crippen molar-refractivity contribution in [1.29, 1.82) is 0 Å². The Morgan fingerprint density at radius 2 is 1.80 bits per heavy atom. The molecule has 0 aliphatic carbocycles. The van der Waals surface area contributed by atoms with E-state index in [0.29, 0.717) is 0 Å². The molecule has 1 atom stereocenters. The van der Waals surface area contributed by atoms with Gasteiger partial charge in [0.15, 0.2) is 0 Å². The predicted molar refractivity (Wildman–Crippen MR) is 66.4 cm³/mol. The average Bonchev–Trinajstić information content (AvgIpc) is 2.25. The highest BCUT2D eigenvalue weighted by Gasteiger charge is 2.39. The van der Waals surface area contributed by atoms with Crippen LogP contribution in [0.25, 0.3) is 0 Å². The zero-order valence-corrected chi connectivity index (χ0v) is 10.4. The van der Waals surface area contributed by atoms with E-state index in [9.17, 15) is 5.11 Å². The Labute approximate surface area is 95.9 Å². The van der Waals surface area contributed by atoms with Crippen LogP contribution in [0, 0.1) is 0 Å². The maximum Gasteiger partial charge on any atom is 0.0616 e. The van der Waals surface area contributed by atoms with E-state index in [2.05, 4.69) is 45.0 Å². The van der Waals surface area contributed by atoms with Gasteiger partial charge in [-0.05, 0) is 23.5 Å². The molecule has 0 fully saturated rings. The minimum atomic E-state index is -0.119. The Bertz CT molecular complexity index is 373. The van der Waals surface area contributed by atoms with Gasteiger partial charge >= 0.3 is 0 Å². The van der Waals surface area contributed by atoms with Crippen molar-refractivity contribution < 1.29 is 5.11 Å². The van der Waals surface area contributed by atoms with Crippen LogP contribution in [0.4, 0.5) is 0 Å². The molecule has 1 nitrogen and oxygen atoms in total. The third-order valence-electron chi connectivity index (χ3n) is 3.28. The smallest absolute Gasteiger partial charge is 0.0616 e. The zero-order valence-electron chi connectivity index (χ0n) is 9.58. The van der Waals surface area contributed by atoms with Crippen LogP contribution in [-0.4, -0.2) is 17.5 Å². The molecule has 0 aromatic heterocycles. The van der Waals surface area contributed by atoms with E-state index in [0.717, 1.165) is 5.75 Å². The molecule has 1 aliphatic heterocycles. The highest BCUT2D eigenvalue weighted by molar-refractivity contribution is 8.00. The van der Waals surface area contributed by atoms with Crippen LogP contribution < -0.4 is 0 Å². The van der Waals surface area contributed by atoms with Gasteiger partial charge in [0, 0.05) is 5.75 Å². The van der Waals surface area contributed by atoms with E-state index in [1.165, 1.54) is 11.1 Å². The highest BCUT2D eigenvalue weighted by atomic mass is 32.2. The van der Waals surface area contributed by atoms with Crippen LogP contribution in [0.3, 0.4) is 0 Å². The first-order valence-corrected chi connectivity index (χ1v) is 6.33. The molecule has 1 aromatic carbocycles. The van der Waals surface area contributed by atoms with Crippen LogP contribution in [0.2, 0.25) is 0 Å². The fourth-order valence-electron chi connectivity index (χ4n) is 2.16. The summed E-state index contributed by atoms with van der Waals surface area (Å²) in [7, 11) is 0. The van der Waals surface area contributed by atoms with Crippen LogP contribution in [0.1, 0.15) is 31.9 Å². The Morgan fingerprint density at radius 3 is 2.40 bits per heavy atom.